The minimum absolute atomic E-state index is 0.264. The van der Waals surface area contributed by atoms with Crippen LogP contribution in [-0.4, -0.2) is 21.1 Å². The fourth-order valence-electron chi connectivity index (χ4n) is 3.32. The van der Waals surface area contributed by atoms with Crippen LogP contribution in [0, 0.1) is 0 Å². The Labute approximate surface area is 126 Å². The minimum Gasteiger partial charge on any atom is -0.340 e. The quantitative estimate of drug-likeness (QED) is 0.918. The molecule has 2 aromatic heterocycles. The van der Waals surface area contributed by atoms with Crippen molar-refractivity contribution in [3.63, 3.8) is 0 Å². The number of imidazole rings is 1. The number of pyridine rings is 1. The van der Waals surface area contributed by atoms with Crippen molar-refractivity contribution in [2.45, 2.75) is 44.6 Å². The maximum absolute atomic E-state index is 4.69. The molecule has 0 radical (unpaired) electrons. The Morgan fingerprint density at radius 2 is 2.33 bits per heavy atom. The summed E-state index contributed by atoms with van der Waals surface area (Å²) in [6.45, 7) is 3.22. The molecule has 0 aromatic carbocycles. The molecule has 0 amide bonds. The van der Waals surface area contributed by atoms with Gasteiger partial charge in [-0.2, -0.15) is 0 Å². The summed E-state index contributed by atoms with van der Waals surface area (Å²) in [7, 11) is 2.03. The Hall–Kier alpha value is -1.68. The minimum atomic E-state index is 0.264. The molecule has 2 heterocycles. The third kappa shape index (κ3) is 3.00. The zero-order valence-electron chi connectivity index (χ0n) is 12.9. The van der Waals surface area contributed by atoms with E-state index in [2.05, 4.69) is 40.5 Å². The second-order valence-electron chi connectivity index (χ2n) is 5.94. The maximum atomic E-state index is 4.69. The van der Waals surface area contributed by atoms with Gasteiger partial charge in [0.2, 0.25) is 0 Å². The number of nitrogens with zero attached hydrogens (tertiary/aromatic N) is 3. The molecule has 3 rings (SSSR count). The molecule has 0 saturated carbocycles. The summed E-state index contributed by atoms with van der Waals surface area (Å²) >= 11 is 0. The molecule has 1 aliphatic rings. The van der Waals surface area contributed by atoms with Gasteiger partial charge in [0.05, 0.1) is 18.1 Å². The van der Waals surface area contributed by atoms with Crippen LogP contribution >= 0.6 is 0 Å². The highest BCUT2D eigenvalue weighted by Gasteiger charge is 2.30. The predicted molar refractivity (Wildman–Crippen MR) is 84.2 cm³/mol. The molecule has 112 valence electrons. The molecule has 1 N–H and O–H groups in total. The van der Waals surface area contributed by atoms with Crippen molar-refractivity contribution >= 4 is 0 Å². The van der Waals surface area contributed by atoms with Crippen molar-refractivity contribution in [2.24, 2.45) is 7.05 Å². The SMILES string of the molecule is CCCNC(c1cn(C)cn1)C1CCCc2cccnc21. The third-order valence-electron chi connectivity index (χ3n) is 4.30. The highest BCUT2D eigenvalue weighted by molar-refractivity contribution is 5.29. The molecule has 2 aromatic rings. The number of aromatic nitrogens is 3. The Morgan fingerprint density at radius 1 is 1.43 bits per heavy atom. The zero-order valence-corrected chi connectivity index (χ0v) is 12.9. The average Bonchev–Trinajstić information content (AvgIpc) is 2.94. The number of nitrogens with one attached hydrogen (secondary N) is 1. The van der Waals surface area contributed by atoms with Crippen molar-refractivity contribution in [2.75, 3.05) is 6.54 Å². The first kappa shape index (κ1) is 14.3. The normalized spacial score (nSPS) is 19.2. The van der Waals surface area contributed by atoms with Gasteiger partial charge in [-0.25, -0.2) is 4.98 Å². The van der Waals surface area contributed by atoms with Gasteiger partial charge in [-0.05, 0) is 43.9 Å². The lowest BCUT2D eigenvalue weighted by Gasteiger charge is -2.31. The monoisotopic (exact) mass is 284 g/mol. The highest BCUT2D eigenvalue weighted by atomic mass is 15.0. The molecule has 2 atom stereocenters. The van der Waals surface area contributed by atoms with Crippen LogP contribution in [0.2, 0.25) is 0 Å². The van der Waals surface area contributed by atoms with Crippen molar-refractivity contribution in [1.29, 1.82) is 0 Å². The van der Waals surface area contributed by atoms with E-state index in [0.29, 0.717) is 5.92 Å². The van der Waals surface area contributed by atoms with E-state index >= 15 is 0 Å². The van der Waals surface area contributed by atoms with Crippen LogP contribution in [0.25, 0.3) is 0 Å². The van der Waals surface area contributed by atoms with Gasteiger partial charge < -0.3 is 9.88 Å². The van der Waals surface area contributed by atoms with Crippen molar-refractivity contribution in [1.82, 2.24) is 19.9 Å². The van der Waals surface area contributed by atoms with Crippen LogP contribution in [0.5, 0.6) is 0 Å². The van der Waals surface area contributed by atoms with Gasteiger partial charge >= 0.3 is 0 Å². The van der Waals surface area contributed by atoms with E-state index in [4.69, 9.17) is 0 Å². The second kappa shape index (κ2) is 6.39. The molecule has 1 aliphatic carbocycles. The smallest absolute Gasteiger partial charge is 0.0947 e. The van der Waals surface area contributed by atoms with Crippen LogP contribution in [-0.2, 0) is 13.5 Å². The Kier molecular flexibility index (Phi) is 4.34. The third-order valence-corrected chi connectivity index (χ3v) is 4.30. The van der Waals surface area contributed by atoms with Crippen LogP contribution in [0.15, 0.2) is 30.9 Å². The van der Waals surface area contributed by atoms with Crippen LogP contribution < -0.4 is 5.32 Å². The van der Waals surface area contributed by atoms with E-state index in [1.54, 1.807) is 0 Å². The summed E-state index contributed by atoms with van der Waals surface area (Å²) in [5, 5.41) is 3.69. The van der Waals surface area contributed by atoms with Crippen molar-refractivity contribution < 1.29 is 0 Å². The second-order valence-corrected chi connectivity index (χ2v) is 5.94. The first-order valence-corrected chi connectivity index (χ1v) is 7.94. The maximum Gasteiger partial charge on any atom is 0.0947 e. The van der Waals surface area contributed by atoms with E-state index in [0.717, 1.165) is 25.1 Å². The van der Waals surface area contributed by atoms with Gasteiger partial charge in [0, 0.05) is 31.1 Å². The molecule has 0 fully saturated rings. The van der Waals surface area contributed by atoms with E-state index in [-0.39, 0.29) is 6.04 Å². The molecule has 0 bridgehead atoms. The molecule has 0 spiro atoms. The fourth-order valence-corrected chi connectivity index (χ4v) is 3.32. The summed E-state index contributed by atoms with van der Waals surface area (Å²) in [6.07, 6.45) is 10.6. The number of hydrogen-bond acceptors (Lipinski definition) is 3. The van der Waals surface area contributed by atoms with E-state index in [9.17, 15) is 0 Å². The highest BCUT2D eigenvalue weighted by Crippen LogP contribution is 2.38. The Balaban J connectivity index is 1.93. The lowest BCUT2D eigenvalue weighted by atomic mass is 9.81. The van der Waals surface area contributed by atoms with Gasteiger partial charge in [0.25, 0.3) is 0 Å². The van der Waals surface area contributed by atoms with Gasteiger partial charge in [0.15, 0.2) is 0 Å². The topological polar surface area (TPSA) is 42.7 Å². The van der Waals surface area contributed by atoms with Crippen molar-refractivity contribution in [3.8, 4) is 0 Å². The predicted octanol–water partition coefficient (Wildman–Crippen LogP) is 2.98. The molecule has 2 unspecified atom stereocenters. The van der Waals surface area contributed by atoms with Crippen LogP contribution in [0.3, 0.4) is 0 Å². The number of fused-ring (bicyclic) bond motifs is 1. The van der Waals surface area contributed by atoms with Crippen LogP contribution in [0.1, 0.15) is 55.1 Å². The number of hydrogen-bond donors (Lipinski definition) is 1. The van der Waals surface area contributed by atoms with Gasteiger partial charge in [-0.15, -0.1) is 0 Å². The molecule has 0 saturated heterocycles. The van der Waals surface area contributed by atoms with Gasteiger partial charge in [-0.1, -0.05) is 13.0 Å². The molecule has 0 aliphatic heterocycles. The standard InChI is InChI=1S/C17H24N4/c1-3-9-18-17(15-11-21(2)12-20-15)14-8-4-6-13-7-5-10-19-16(13)14/h5,7,10-12,14,17-18H,3-4,6,8-9H2,1-2H3. The Morgan fingerprint density at radius 3 is 3.10 bits per heavy atom. The Bertz CT molecular complexity index is 590. The lowest BCUT2D eigenvalue weighted by Crippen LogP contribution is -2.30. The summed E-state index contributed by atoms with van der Waals surface area (Å²) in [6, 6.07) is 4.54. The zero-order chi connectivity index (χ0) is 14.7. The van der Waals surface area contributed by atoms with E-state index < -0.39 is 0 Å². The molecular weight excluding hydrogens is 260 g/mol. The first-order valence-electron chi connectivity index (χ1n) is 7.94. The number of rotatable bonds is 5. The van der Waals surface area contributed by atoms with Crippen LogP contribution in [0.4, 0.5) is 0 Å². The molecule has 21 heavy (non-hydrogen) atoms. The summed E-state index contributed by atoms with van der Waals surface area (Å²) in [5.74, 6) is 0.427. The summed E-state index contributed by atoms with van der Waals surface area (Å²) < 4.78 is 2.03. The largest absolute Gasteiger partial charge is 0.340 e. The molecule has 4 nitrogen and oxygen atoms in total. The average molecular weight is 284 g/mol. The van der Waals surface area contributed by atoms with Crippen molar-refractivity contribution in [3.05, 3.63) is 47.8 Å². The molecular formula is C17H24N4. The summed E-state index contributed by atoms with van der Waals surface area (Å²) in [4.78, 5) is 9.28. The van der Waals surface area contributed by atoms with E-state index in [1.165, 1.54) is 24.1 Å². The fraction of sp³-hybridized carbons (Fsp3) is 0.529. The van der Waals surface area contributed by atoms with Gasteiger partial charge in [0.1, 0.15) is 0 Å². The lowest BCUT2D eigenvalue weighted by molar-refractivity contribution is 0.388. The molecule has 4 heteroatoms. The number of aryl methyl sites for hydroxylation is 2. The van der Waals surface area contributed by atoms with Gasteiger partial charge in [-0.3, -0.25) is 4.98 Å². The van der Waals surface area contributed by atoms with E-state index in [1.807, 2.05) is 24.1 Å². The summed E-state index contributed by atoms with van der Waals surface area (Å²) in [5.41, 5.74) is 3.81. The first-order chi connectivity index (χ1) is 10.3.